The molecule has 0 aromatic heterocycles. The summed E-state index contributed by atoms with van der Waals surface area (Å²) in [6, 6.07) is 15.9. The highest BCUT2D eigenvalue weighted by molar-refractivity contribution is 5.97. The van der Waals surface area contributed by atoms with E-state index in [1.54, 1.807) is 0 Å². The van der Waals surface area contributed by atoms with Gasteiger partial charge in [-0.1, -0.05) is 76.2 Å². The highest BCUT2D eigenvalue weighted by Gasteiger charge is 2.16. The van der Waals surface area contributed by atoms with Gasteiger partial charge in [0.05, 0.1) is 0 Å². The maximum absolute atomic E-state index is 12.5. The summed E-state index contributed by atoms with van der Waals surface area (Å²) in [6.45, 7) is 8.84. The van der Waals surface area contributed by atoms with Gasteiger partial charge < -0.3 is 0 Å². The third-order valence-electron chi connectivity index (χ3n) is 3.88. The Morgan fingerprint density at radius 2 is 1.52 bits per heavy atom. The zero-order valence-corrected chi connectivity index (χ0v) is 13.4. The first kappa shape index (κ1) is 15.5. The monoisotopic (exact) mass is 280 g/mol. The Morgan fingerprint density at radius 3 is 2.10 bits per heavy atom. The van der Waals surface area contributed by atoms with Crippen LogP contribution in [0.3, 0.4) is 0 Å². The van der Waals surface area contributed by atoms with Gasteiger partial charge in [0.2, 0.25) is 0 Å². The summed E-state index contributed by atoms with van der Waals surface area (Å²) in [5.41, 5.74) is 4.67. The van der Waals surface area contributed by atoms with Crippen molar-refractivity contribution in [3.63, 3.8) is 0 Å². The van der Waals surface area contributed by atoms with E-state index in [2.05, 4.69) is 45.9 Å². The summed E-state index contributed by atoms with van der Waals surface area (Å²) in [5, 5.41) is 0. The Balaban J connectivity index is 2.36. The van der Waals surface area contributed by atoms with Crippen LogP contribution in [0.1, 0.15) is 66.6 Å². The lowest BCUT2D eigenvalue weighted by molar-refractivity contribution is 0.0992. The van der Waals surface area contributed by atoms with Crippen molar-refractivity contribution in [2.24, 2.45) is 0 Å². The molecule has 110 valence electrons. The second kappa shape index (κ2) is 6.71. The van der Waals surface area contributed by atoms with Crippen LogP contribution < -0.4 is 0 Å². The van der Waals surface area contributed by atoms with E-state index >= 15 is 0 Å². The number of ketones is 1. The van der Waals surface area contributed by atoms with Crippen LogP contribution in [-0.4, -0.2) is 5.78 Å². The molecule has 0 bridgehead atoms. The molecule has 0 spiro atoms. The molecule has 0 atom stereocenters. The minimum Gasteiger partial charge on any atom is -0.294 e. The molecule has 1 nitrogen and oxygen atoms in total. The summed E-state index contributed by atoms with van der Waals surface area (Å²) in [5.74, 6) is 1.11. The molecular formula is C20H24O. The van der Waals surface area contributed by atoms with E-state index in [4.69, 9.17) is 0 Å². The molecule has 2 aromatic rings. The predicted molar refractivity (Wildman–Crippen MR) is 89.1 cm³/mol. The highest BCUT2D eigenvalue weighted by atomic mass is 16.1. The first-order valence-corrected chi connectivity index (χ1v) is 7.70. The van der Waals surface area contributed by atoms with Gasteiger partial charge in [-0.25, -0.2) is 0 Å². The lowest BCUT2D eigenvalue weighted by Crippen LogP contribution is -2.09. The highest BCUT2D eigenvalue weighted by Crippen LogP contribution is 2.30. The van der Waals surface area contributed by atoms with Crippen LogP contribution in [0.25, 0.3) is 0 Å². The minimum absolute atomic E-state index is 0.193. The fourth-order valence-corrected chi connectivity index (χ4v) is 2.89. The molecule has 0 saturated heterocycles. The Hall–Kier alpha value is -1.89. The molecule has 2 rings (SSSR count). The Labute approximate surface area is 128 Å². The maximum atomic E-state index is 12.5. The van der Waals surface area contributed by atoms with Gasteiger partial charge in [-0.3, -0.25) is 4.79 Å². The maximum Gasteiger partial charge on any atom is 0.167 e. The smallest absolute Gasteiger partial charge is 0.167 e. The van der Waals surface area contributed by atoms with Crippen molar-refractivity contribution >= 4 is 5.78 Å². The number of benzene rings is 2. The SMILES string of the molecule is CC(C)c1cccc(CC(=O)c2ccccc2)c1C(C)C. The van der Waals surface area contributed by atoms with Crippen molar-refractivity contribution in [2.75, 3.05) is 0 Å². The molecule has 0 N–H and O–H groups in total. The molecule has 0 aliphatic heterocycles. The third kappa shape index (κ3) is 3.60. The van der Waals surface area contributed by atoms with E-state index in [0.29, 0.717) is 18.3 Å². The molecule has 0 radical (unpaired) electrons. The summed E-state index contributed by atoms with van der Waals surface area (Å²) >= 11 is 0. The third-order valence-corrected chi connectivity index (χ3v) is 3.88. The number of carbonyl (C=O) groups excluding carboxylic acids is 1. The van der Waals surface area contributed by atoms with Gasteiger partial charge in [-0.05, 0) is 28.5 Å². The normalized spacial score (nSPS) is 11.1. The van der Waals surface area contributed by atoms with E-state index in [1.807, 2.05) is 30.3 Å². The number of hydrogen-bond acceptors (Lipinski definition) is 1. The molecule has 0 saturated carbocycles. The van der Waals surface area contributed by atoms with E-state index in [0.717, 1.165) is 5.56 Å². The van der Waals surface area contributed by atoms with E-state index < -0.39 is 0 Å². The zero-order chi connectivity index (χ0) is 15.4. The van der Waals surface area contributed by atoms with Crippen LogP contribution in [0.5, 0.6) is 0 Å². The van der Waals surface area contributed by atoms with Crippen LogP contribution in [0.15, 0.2) is 48.5 Å². The molecule has 0 fully saturated rings. The van der Waals surface area contributed by atoms with Crippen molar-refractivity contribution in [3.05, 3.63) is 70.8 Å². The first-order valence-electron chi connectivity index (χ1n) is 7.70. The Morgan fingerprint density at radius 1 is 0.857 bits per heavy atom. The van der Waals surface area contributed by atoms with Crippen molar-refractivity contribution in [1.29, 1.82) is 0 Å². The first-order chi connectivity index (χ1) is 10.0. The summed E-state index contributed by atoms with van der Waals surface area (Å²) in [6.07, 6.45) is 0.484. The fraction of sp³-hybridized carbons (Fsp3) is 0.350. The summed E-state index contributed by atoms with van der Waals surface area (Å²) < 4.78 is 0. The Kier molecular flexibility index (Phi) is 4.95. The standard InChI is InChI=1S/C20H24O/c1-14(2)18-12-8-11-17(20(18)15(3)4)13-19(21)16-9-6-5-7-10-16/h5-12,14-15H,13H2,1-4H3. The summed E-state index contributed by atoms with van der Waals surface area (Å²) in [4.78, 5) is 12.5. The van der Waals surface area contributed by atoms with Crippen LogP contribution >= 0.6 is 0 Å². The summed E-state index contributed by atoms with van der Waals surface area (Å²) in [7, 11) is 0. The predicted octanol–water partition coefficient (Wildman–Crippen LogP) is 5.36. The molecule has 2 aromatic carbocycles. The Bertz CT molecular complexity index is 609. The van der Waals surface area contributed by atoms with Gasteiger partial charge in [0.15, 0.2) is 5.78 Å². The molecule has 0 aliphatic carbocycles. The van der Waals surface area contributed by atoms with Crippen molar-refractivity contribution in [2.45, 2.75) is 46.0 Å². The van der Waals surface area contributed by atoms with Gasteiger partial charge in [0, 0.05) is 12.0 Å². The van der Waals surface area contributed by atoms with Crippen LogP contribution in [0, 0.1) is 0 Å². The molecule has 0 heterocycles. The van der Waals surface area contributed by atoms with Gasteiger partial charge in [0.1, 0.15) is 0 Å². The number of hydrogen-bond donors (Lipinski definition) is 0. The molecule has 21 heavy (non-hydrogen) atoms. The largest absolute Gasteiger partial charge is 0.294 e. The lowest BCUT2D eigenvalue weighted by Gasteiger charge is -2.20. The zero-order valence-electron chi connectivity index (χ0n) is 13.4. The van der Waals surface area contributed by atoms with E-state index in [1.165, 1.54) is 16.7 Å². The second-order valence-corrected chi connectivity index (χ2v) is 6.20. The quantitative estimate of drug-likeness (QED) is 0.674. The average Bonchev–Trinajstić information content (AvgIpc) is 2.47. The van der Waals surface area contributed by atoms with Crippen LogP contribution in [0.4, 0.5) is 0 Å². The van der Waals surface area contributed by atoms with Crippen molar-refractivity contribution in [3.8, 4) is 0 Å². The number of rotatable bonds is 5. The molecule has 0 aliphatic rings. The van der Waals surface area contributed by atoms with E-state index in [-0.39, 0.29) is 5.78 Å². The average molecular weight is 280 g/mol. The fourth-order valence-electron chi connectivity index (χ4n) is 2.89. The molecular weight excluding hydrogens is 256 g/mol. The minimum atomic E-state index is 0.193. The van der Waals surface area contributed by atoms with Crippen molar-refractivity contribution < 1.29 is 4.79 Å². The van der Waals surface area contributed by atoms with Gasteiger partial charge in [0.25, 0.3) is 0 Å². The molecule has 0 amide bonds. The topological polar surface area (TPSA) is 17.1 Å². The van der Waals surface area contributed by atoms with Crippen LogP contribution in [0.2, 0.25) is 0 Å². The van der Waals surface area contributed by atoms with Crippen LogP contribution in [-0.2, 0) is 6.42 Å². The number of carbonyl (C=O) groups is 1. The molecule has 1 heteroatoms. The molecule has 0 unspecified atom stereocenters. The van der Waals surface area contributed by atoms with E-state index in [9.17, 15) is 4.79 Å². The van der Waals surface area contributed by atoms with Gasteiger partial charge in [-0.15, -0.1) is 0 Å². The van der Waals surface area contributed by atoms with Gasteiger partial charge in [-0.2, -0.15) is 0 Å². The lowest BCUT2D eigenvalue weighted by atomic mass is 9.85. The van der Waals surface area contributed by atoms with Crippen molar-refractivity contribution in [1.82, 2.24) is 0 Å². The second-order valence-electron chi connectivity index (χ2n) is 6.20. The van der Waals surface area contributed by atoms with Gasteiger partial charge >= 0.3 is 0 Å². The number of Topliss-reactive ketones (excluding diaryl/α,β-unsaturated/α-hetero) is 1.